The molecule has 0 amide bonds. The third kappa shape index (κ3) is 4.23. The Morgan fingerprint density at radius 2 is 1.82 bits per heavy atom. The number of halogens is 3. The minimum atomic E-state index is -0.636. The zero-order valence-corrected chi connectivity index (χ0v) is 23.4. The van der Waals surface area contributed by atoms with Gasteiger partial charge in [0.05, 0.1) is 20.9 Å². The van der Waals surface area contributed by atoms with Gasteiger partial charge in [0.25, 0.3) is 0 Å². The number of nitrogens with two attached hydrogens (primary N) is 1. The second-order valence-corrected chi connectivity index (χ2v) is 11.8. The van der Waals surface area contributed by atoms with Crippen molar-refractivity contribution in [2.45, 2.75) is 6.04 Å². The summed E-state index contributed by atoms with van der Waals surface area (Å²) in [6.45, 7) is 4.35. The van der Waals surface area contributed by atoms with Gasteiger partial charge >= 0.3 is 0 Å². The SMILES string of the molecule is CN1CCN(c2c(C#N)c(N3CC(N(C)C)C3)nc3c(F)c(-c4ccc(F)c5sc(N)nc45)c(Cl)cc23)CC1. The van der Waals surface area contributed by atoms with Crippen LogP contribution in [0.15, 0.2) is 18.2 Å². The lowest BCUT2D eigenvalue weighted by Gasteiger charge is -2.44. The van der Waals surface area contributed by atoms with Crippen LogP contribution in [0.3, 0.4) is 0 Å². The molecule has 12 heteroatoms. The highest BCUT2D eigenvalue weighted by Gasteiger charge is 2.34. The molecule has 2 fully saturated rings. The molecule has 2 aromatic heterocycles. The third-order valence-electron chi connectivity index (χ3n) is 7.73. The maximum absolute atomic E-state index is 16.6. The predicted octanol–water partition coefficient (Wildman–Crippen LogP) is 4.40. The van der Waals surface area contributed by atoms with Crippen molar-refractivity contribution in [3.63, 3.8) is 0 Å². The maximum Gasteiger partial charge on any atom is 0.181 e. The number of anilines is 3. The fourth-order valence-electron chi connectivity index (χ4n) is 5.39. The molecule has 0 saturated carbocycles. The van der Waals surface area contributed by atoms with Crippen molar-refractivity contribution in [1.82, 2.24) is 19.8 Å². The molecule has 39 heavy (non-hydrogen) atoms. The van der Waals surface area contributed by atoms with E-state index in [1.807, 2.05) is 19.0 Å². The van der Waals surface area contributed by atoms with Crippen molar-refractivity contribution in [1.29, 1.82) is 5.26 Å². The van der Waals surface area contributed by atoms with Gasteiger partial charge in [-0.3, -0.25) is 0 Å². The number of piperazine rings is 1. The van der Waals surface area contributed by atoms with E-state index in [0.717, 1.165) is 24.4 Å². The first-order chi connectivity index (χ1) is 18.7. The Morgan fingerprint density at radius 1 is 1.10 bits per heavy atom. The Bertz CT molecular complexity index is 1650. The number of nitrogens with zero attached hydrogens (tertiary/aromatic N) is 7. The average molecular weight is 569 g/mol. The summed E-state index contributed by atoms with van der Waals surface area (Å²) < 4.78 is 31.4. The summed E-state index contributed by atoms with van der Waals surface area (Å²) in [5, 5.41) is 11.1. The molecule has 0 bridgehead atoms. The Morgan fingerprint density at radius 3 is 2.49 bits per heavy atom. The molecular weight excluding hydrogens is 542 g/mol. The molecule has 6 rings (SSSR count). The van der Waals surface area contributed by atoms with E-state index in [1.54, 1.807) is 6.07 Å². The number of rotatable bonds is 4. The zero-order valence-electron chi connectivity index (χ0n) is 21.8. The minimum Gasteiger partial charge on any atom is -0.375 e. The van der Waals surface area contributed by atoms with Crippen LogP contribution in [0.5, 0.6) is 0 Å². The van der Waals surface area contributed by atoms with Crippen LogP contribution in [0.1, 0.15) is 5.56 Å². The third-order valence-corrected chi connectivity index (χ3v) is 8.92. The number of nitrogen functional groups attached to an aromatic ring is 1. The van der Waals surface area contributed by atoms with Gasteiger partial charge < -0.3 is 25.3 Å². The van der Waals surface area contributed by atoms with E-state index in [1.165, 1.54) is 12.1 Å². The number of pyridine rings is 1. The smallest absolute Gasteiger partial charge is 0.181 e. The average Bonchev–Trinajstić information content (AvgIpc) is 3.27. The first kappa shape index (κ1) is 26.0. The van der Waals surface area contributed by atoms with E-state index in [9.17, 15) is 9.65 Å². The molecule has 2 aliphatic rings. The van der Waals surface area contributed by atoms with Crippen LogP contribution in [-0.4, -0.2) is 86.2 Å². The summed E-state index contributed by atoms with van der Waals surface area (Å²) in [6.07, 6.45) is 0. The van der Waals surface area contributed by atoms with Gasteiger partial charge in [0.2, 0.25) is 0 Å². The summed E-state index contributed by atoms with van der Waals surface area (Å²) >= 11 is 7.77. The molecule has 0 atom stereocenters. The molecule has 0 spiro atoms. The van der Waals surface area contributed by atoms with Gasteiger partial charge in [0, 0.05) is 61.8 Å². The van der Waals surface area contributed by atoms with Crippen molar-refractivity contribution in [3.8, 4) is 17.2 Å². The maximum atomic E-state index is 16.6. The molecule has 2 N–H and O–H groups in total. The molecule has 8 nitrogen and oxygen atoms in total. The van der Waals surface area contributed by atoms with E-state index < -0.39 is 11.6 Å². The zero-order chi connectivity index (χ0) is 27.6. The number of nitriles is 1. The van der Waals surface area contributed by atoms with Gasteiger partial charge in [-0.2, -0.15) is 5.26 Å². The van der Waals surface area contributed by atoms with Gasteiger partial charge in [-0.15, -0.1) is 0 Å². The monoisotopic (exact) mass is 568 g/mol. The fourth-order valence-corrected chi connectivity index (χ4v) is 6.44. The molecule has 0 aliphatic carbocycles. The largest absolute Gasteiger partial charge is 0.375 e. The number of fused-ring (bicyclic) bond motifs is 2. The quantitative estimate of drug-likeness (QED) is 0.388. The topological polar surface area (TPSA) is 88.5 Å². The summed E-state index contributed by atoms with van der Waals surface area (Å²) in [6, 6.07) is 7.09. The minimum absolute atomic E-state index is 0.0849. The number of thiazole rings is 1. The Balaban J connectivity index is 1.61. The summed E-state index contributed by atoms with van der Waals surface area (Å²) in [5.74, 6) is -0.654. The van der Waals surface area contributed by atoms with E-state index in [0.29, 0.717) is 60.2 Å². The van der Waals surface area contributed by atoms with Gasteiger partial charge in [0.1, 0.15) is 28.8 Å². The van der Waals surface area contributed by atoms with Crippen LogP contribution in [0, 0.1) is 23.0 Å². The normalized spacial score (nSPS) is 16.9. The fraction of sp³-hybridized carbons (Fsp3) is 0.370. The summed E-state index contributed by atoms with van der Waals surface area (Å²) in [5.41, 5.74) is 7.74. The van der Waals surface area contributed by atoms with Crippen LogP contribution in [0.25, 0.3) is 32.2 Å². The second-order valence-electron chi connectivity index (χ2n) is 10.4. The molecule has 2 aliphatic heterocycles. The lowest BCUT2D eigenvalue weighted by atomic mass is 9.98. The Hall–Kier alpha value is -3.30. The van der Waals surface area contributed by atoms with E-state index in [4.69, 9.17) is 22.3 Å². The van der Waals surface area contributed by atoms with Crippen LogP contribution in [-0.2, 0) is 0 Å². The highest BCUT2D eigenvalue weighted by atomic mass is 35.5. The van der Waals surface area contributed by atoms with Crippen molar-refractivity contribution in [2.24, 2.45) is 0 Å². The highest BCUT2D eigenvalue weighted by Crippen LogP contribution is 2.45. The molecule has 4 heterocycles. The lowest BCUT2D eigenvalue weighted by molar-refractivity contribution is 0.246. The number of hydrogen-bond acceptors (Lipinski definition) is 9. The molecule has 202 valence electrons. The van der Waals surface area contributed by atoms with E-state index in [2.05, 4.69) is 32.8 Å². The van der Waals surface area contributed by atoms with Gasteiger partial charge in [-0.05, 0) is 39.3 Å². The number of hydrogen-bond donors (Lipinski definition) is 1. The van der Waals surface area contributed by atoms with Crippen LogP contribution >= 0.6 is 22.9 Å². The summed E-state index contributed by atoms with van der Waals surface area (Å²) in [7, 11) is 6.08. The molecular formula is C27H27ClF2N8S. The first-order valence-corrected chi connectivity index (χ1v) is 13.8. The molecule has 0 radical (unpaired) electrons. The highest BCUT2D eigenvalue weighted by molar-refractivity contribution is 7.22. The number of aromatic nitrogens is 2. The van der Waals surface area contributed by atoms with Crippen molar-refractivity contribution >= 4 is 60.7 Å². The van der Waals surface area contributed by atoms with Crippen molar-refractivity contribution < 1.29 is 8.78 Å². The number of likely N-dealkylation sites (N-methyl/N-ethyl adjacent to an activating group) is 2. The molecule has 0 unspecified atom stereocenters. The van der Waals surface area contributed by atoms with Gasteiger partial charge in [-0.1, -0.05) is 22.9 Å². The van der Waals surface area contributed by atoms with E-state index >= 15 is 4.39 Å². The lowest BCUT2D eigenvalue weighted by Crippen LogP contribution is -2.58. The Labute approximate surface area is 233 Å². The van der Waals surface area contributed by atoms with Crippen molar-refractivity contribution in [2.75, 3.05) is 75.9 Å². The first-order valence-electron chi connectivity index (χ1n) is 12.6. The van der Waals surface area contributed by atoms with Crippen LogP contribution in [0.4, 0.5) is 25.4 Å². The molecule has 2 aromatic carbocycles. The van der Waals surface area contributed by atoms with E-state index in [-0.39, 0.29) is 31.5 Å². The Kier molecular flexibility index (Phi) is 6.46. The van der Waals surface area contributed by atoms with Gasteiger partial charge in [0.15, 0.2) is 10.9 Å². The van der Waals surface area contributed by atoms with Gasteiger partial charge in [-0.25, -0.2) is 18.7 Å². The van der Waals surface area contributed by atoms with Crippen molar-refractivity contribution in [3.05, 3.63) is 40.4 Å². The van der Waals surface area contributed by atoms with Crippen LogP contribution in [0.2, 0.25) is 5.02 Å². The summed E-state index contributed by atoms with van der Waals surface area (Å²) in [4.78, 5) is 17.5. The predicted molar refractivity (Wildman–Crippen MR) is 154 cm³/mol. The second kappa shape index (κ2) is 9.71. The van der Waals surface area contributed by atoms with Crippen LogP contribution < -0.4 is 15.5 Å². The number of benzene rings is 2. The standard InChI is InChI=1S/C27H27ClF2N8S/c1-35(2)14-12-38(13-14)26-17(11-31)24(37-8-6-36(3)7-9-37)16-10-18(28)20(21(30)22(16)33-26)15-4-5-19(29)25-23(15)34-27(32)39-25/h4-5,10,14H,6-9,12-13H2,1-3H3,(H2,32,34). The molecule has 2 saturated heterocycles. The molecule has 4 aromatic rings.